The zero-order valence-electron chi connectivity index (χ0n) is 11.4. The van der Waals surface area contributed by atoms with Crippen molar-refractivity contribution < 1.29 is 4.39 Å². The first kappa shape index (κ1) is 13.7. The lowest BCUT2D eigenvalue weighted by atomic mass is 9.93. The van der Waals surface area contributed by atoms with E-state index in [1.54, 1.807) is 11.3 Å². The second-order valence-corrected chi connectivity index (χ2v) is 6.37. The predicted molar refractivity (Wildman–Crippen MR) is 81.8 cm³/mol. The summed E-state index contributed by atoms with van der Waals surface area (Å²) in [5.74, 6) is 0. The normalized spacial score (nSPS) is 23.4. The molecule has 1 fully saturated rings. The minimum Gasteiger partial charge on any atom is -0.317 e. The number of rotatable bonds is 3. The van der Waals surface area contributed by atoms with Crippen LogP contribution in [0.15, 0.2) is 35.7 Å². The molecule has 2 aromatic rings. The third-order valence-corrected chi connectivity index (χ3v) is 4.67. The largest absolute Gasteiger partial charge is 0.317 e. The summed E-state index contributed by atoms with van der Waals surface area (Å²) in [4.78, 5) is 4.61. The molecule has 20 heavy (non-hydrogen) atoms. The van der Waals surface area contributed by atoms with Gasteiger partial charge in [0.05, 0.1) is 10.7 Å². The molecule has 0 aliphatic carbocycles. The fourth-order valence-electron chi connectivity index (χ4n) is 2.67. The van der Waals surface area contributed by atoms with Gasteiger partial charge in [0.25, 0.3) is 0 Å². The minimum atomic E-state index is -1.09. The van der Waals surface area contributed by atoms with Crippen LogP contribution in [-0.2, 0) is 6.42 Å². The lowest BCUT2D eigenvalue weighted by molar-refractivity contribution is 0.144. The molecule has 2 nitrogen and oxygen atoms in total. The van der Waals surface area contributed by atoms with E-state index in [0.29, 0.717) is 19.3 Å². The zero-order chi connectivity index (χ0) is 13.8. The van der Waals surface area contributed by atoms with Gasteiger partial charge in [0.2, 0.25) is 0 Å². The average Bonchev–Trinajstić information content (AvgIpc) is 2.81. The lowest BCUT2D eigenvalue weighted by Crippen LogP contribution is -2.27. The molecule has 1 aliphatic heterocycles. The Labute approximate surface area is 123 Å². The van der Waals surface area contributed by atoms with Crippen LogP contribution in [0.1, 0.15) is 24.3 Å². The Kier molecular flexibility index (Phi) is 4.13. The number of aromatic nitrogens is 1. The van der Waals surface area contributed by atoms with Gasteiger partial charge in [-0.25, -0.2) is 9.37 Å². The molecule has 0 amide bonds. The second-order valence-electron chi connectivity index (χ2n) is 5.42. The van der Waals surface area contributed by atoms with Crippen molar-refractivity contribution in [3.63, 3.8) is 0 Å². The van der Waals surface area contributed by atoms with Crippen molar-refractivity contribution in [3.05, 3.63) is 40.7 Å². The molecule has 1 aliphatic rings. The summed E-state index contributed by atoms with van der Waals surface area (Å²) in [6, 6.07) is 10.1. The smallest absolute Gasteiger partial charge is 0.118 e. The molecular formula is C16H19FN2S. The molecular weight excluding hydrogens is 271 g/mol. The molecule has 4 heteroatoms. The summed E-state index contributed by atoms with van der Waals surface area (Å²) in [5.41, 5.74) is 0.973. The first-order valence-electron chi connectivity index (χ1n) is 7.15. The Balaban J connectivity index is 1.74. The highest BCUT2D eigenvalue weighted by molar-refractivity contribution is 7.09. The van der Waals surface area contributed by atoms with Crippen molar-refractivity contribution in [1.82, 2.24) is 10.3 Å². The van der Waals surface area contributed by atoms with Crippen molar-refractivity contribution in [3.8, 4) is 11.3 Å². The summed E-state index contributed by atoms with van der Waals surface area (Å²) in [7, 11) is 0. The summed E-state index contributed by atoms with van der Waals surface area (Å²) in [6.07, 6.45) is 2.59. The van der Waals surface area contributed by atoms with Gasteiger partial charge in [0, 0.05) is 17.4 Å². The number of benzene rings is 1. The molecule has 106 valence electrons. The molecule has 2 heterocycles. The Morgan fingerprint density at radius 2 is 2.05 bits per heavy atom. The van der Waals surface area contributed by atoms with Crippen molar-refractivity contribution in [2.24, 2.45) is 0 Å². The van der Waals surface area contributed by atoms with Crippen LogP contribution < -0.4 is 5.32 Å². The summed E-state index contributed by atoms with van der Waals surface area (Å²) in [5, 5.41) is 6.20. The SMILES string of the molecule is FC1(Cc2nc(-c3ccccc3)cs2)CCCNCC1. The standard InChI is InChI=1S/C16H19FN2S/c17-16(7-4-9-18-10-8-16)11-15-19-14(12-20-15)13-5-2-1-3-6-13/h1-3,5-6,12,18H,4,7-11H2. The van der Waals surface area contributed by atoms with E-state index in [1.807, 2.05) is 35.7 Å². The predicted octanol–water partition coefficient (Wildman–Crippen LogP) is 3.83. The van der Waals surface area contributed by atoms with Gasteiger partial charge >= 0.3 is 0 Å². The van der Waals surface area contributed by atoms with Crippen LogP contribution >= 0.6 is 11.3 Å². The van der Waals surface area contributed by atoms with Crippen LogP contribution in [0.5, 0.6) is 0 Å². The van der Waals surface area contributed by atoms with E-state index >= 15 is 0 Å². The molecule has 1 aromatic heterocycles. The molecule has 0 saturated carbocycles. The van der Waals surface area contributed by atoms with Gasteiger partial charge in [0.1, 0.15) is 5.67 Å². The highest BCUT2D eigenvalue weighted by Crippen LogP contribution is 2.31. The van der Waals surface area contributed by atoms with Gasteiger partial charge in [-0.1, -0.05) is 30.3 Å². The highest BCUT2D eigenvalue weighted by atomic mass is 32.1. The lowest BCUT2D eigenvalue weighted by Gasteiger charge is -2.21. The van der Waals surface area contributed by atoms with E-state index in [4.69, 9.17) is 0 Å². The van der Waals surface area contributed by atoms with Crippen LogP contribution in [0, 0.1) is 0 Å². The molecule has 0 radical (unpaired) electrons. The van der Waals surface area contributed by atoms with Crippen LogP contribution in [-0.4, -0.2) is 23.7 Å². The van der Waals surface area contributed by atoms with E-state index in [2.05, 4.69) is 10.3 Å². The maximum Gasteiger partial charge on any atom is 0.118 e. The number of nitrogens with zero attached hydrogens (tertiary/aromatic N) is 1. The number of hydrogen-bond acceptors (Lipinski definition) is 3. The number of hydrogen-bond donors (Lipinski definition) is 1. The molecule has 1 aromatic carbocycles. The van der Waals surface area contributed by atoms with Gasteiger partial charge in [0.15, 0.2) is 0 Å². The number of halogens is 1. The Hall–Kier alpha value is -1.26. The molecule has 1 atom stereocenters. The van der Waals surface area contributed by atoms with Gasteiger partial charge in [-0.3, -0.25) is 0 Å². The molecule has 0 spiro atoms. The molecule has 0 bridgehead atoms. The maximum absolute atomic E-state index is 14.9. The zero-order valence-corrected chi connectivity index (χ0v) is 12.3. The molecule has 1 saturated heterocycles. The quantitative estimate of drug-likeness (QED) is 0.929. The number of thiazole rings is 1. The Morgan fingerprint density at radius 3 is 2.90 bits per heavy atom. The first-order chi connectivity index (χ1) is 9.75. The molecule has 1 unspecified atom stereocenters. The fraction of sp³-hybridized carbons (Fsp3) is 0.438. The van der Waals surface area contributed by atoms with Crippen LogP contribution in [0.4, 0.5) is 4.39 Å². The Morgan fingerprint density at radius 1 is 1.20 bits per heavy atom. The van der Waals surface area contributed by atoms with Crippen LogP contribution in [0.3, 0.4) is 0 Å². The fourth-order valence-corrected chi connectivity index (χ4v) is 3.60. The third-order valence-electron chi connectivity index (χ3n) is 3.82. The monoisotopic (exact) mass is 290 g/mol. The average molecular weight is 290 g/mol. The van der Waals surface area contributed by atoms with Crippen molar-refractivity contribution in [2.75, 3.05) is 13.1 Å². The van der Waals surface area contributed by atoms with Crippen LogP contribution in [0.2, 0.25) is 0 Å². The van der Waals surface area contributed by atoms with Gasteiger partial charge < -0.3 is 5.32 Å². The summed E-state index contributed by atoms with van der Waals surface area (Å²) < 4.78 is 14.9. The molecule has 1 N–H and O–H groups in total. The first-order valence-corrected chi connectivity index (χ1v) is 8.03. The second kappa shape index (κ2) is 6.02. The summed E-state index contributed by atoms with van der Waals surface area (Å²) >= 11 is 1.57. The van der Waals surface area contributed by atoms with Gasteiger partial charge in [-0.2, -0.15) is 0 Å². The third kappa shape index (κ3) is 3.25. The van der Waals surface area contributed by atoms with E-state index < -0.39 is 5.67 Å². The van der Waals surface area contributed by atoms with Crippen LogP contribution in [0.25, 0.3) is 11.3 Å². The van der Waals surface area contributed by atoms with Gasteiger partial charge in [-0.15, -0.1) is 11.3 Å². The maximum atomic E-state index is 14.9. The molecule has 3 rings (SSSR count). The topological polar surface area (TPSA) is 24.9 Å². The number of nitrogens with one attached hydrogen (secondary N) is 1. The highest BCUT2D eigenvalue weighted by Gasteiger charge is 2.31. The van der Waals surface area contributed by atoms with Crippen molar-refractivity contribution in [2.45, 2.75) is 31.4 Å². The minimum absolute atomic E-state index is 0.451. The van der Waals surface area contributed by atoms with Crippen molar-refractivity contribution >= 4 is 11.3 Å². The van der Waals surface area contributed by atoms with E-state index in [1.165, 1.54) is 0 Å². The Bertz CT molecular complexity index is 545. The summed E-state index contributed by atoms with van der Waals surface area (Å²) in [6.45, 7) is 1.70. The van der Waals surface area contributed by atoms with E-state index in [-0.39, 0.29) is 0 Å². The van der Waals surface area contributed by atoms with Gasteiger partial charge in [-0.05, 0) is 32.4 Å². The van der Waals surface area contributed by atoms with Crippen molar-refractivity contribution in [1.29, 1.82) is 0 Å². The van der Waals surface area contributed by atoms with E-state index in [0.717, 1.165) is 35.8 Å². The van der Waals surface area contributed by atoms with E-state index in [9.17, 15) is 4.39 Å². The number of alkyl halides is 1.